The second-order valence-corrected chi connectivity index (χ2v) is 10.3. The summed E-state index contributed by atoms with van der Waals surface area (Å²) in [5.41, 5.74) is 9.33. The van der Waals surface area contributed by atoms with Gasteiger partial charge in [0, 0.05) is 11.8 Å². The lowest BCUT2D eigenvalue weighted by Gasteiger charge is -2.21. The van der Waals surface area contributed by atoms with Gasteiger partial charge in [0.05, 0.1) is 0 Å². The van der Waals surface area contributed by atoms with E-state index in [1.54, 1.807) is 0 Å². The molecule has 2 aliphatic carbocycles. The standard InChI is InChI=1S/C27H32/c1-26(2,3)24-16-18(20-11-7-9-13-22(20)24)15-19-17-25(27(4,5)6)23-14-10-8-12-21(19)23/h7-14,16-19H,15H2,1-6H3/t18-,19-/m0/s1. The van der Waals surface area contributed by atoms with Crippen LogP contribution in [0.1, 0.15) is 82.1 Å². The molecule has 0 N–H and O–H groups in total. The van der Waals surface area contributed by atoms with Crippen LogP contribution in [0, 0.1) is 10.8 Å². The molecule has 4 rings (SSSR count). The molecule has 0 spiro atoms. The first kappa shape index (κ1) is 18.3. The van der Waals surface area contributed by atoms with Crippen molar-refractivity contribution in [2.45, 2.75) is 59.8 Å². The first-order valence-electron chi connectivity index (χ1n) is 10.3. The molecule has 0 heteroatoms. The quantitative estimate of drug-likeness (QED) is 0.514. The Bertz CT molecular complexity index is 847. The molecule has 0 nitrogen and oxygen atoms in total. The van der Waals surface area contributed by atoms with E-state index in [0.29, 0.717) is 11.8 Å². The Labute approximate surface area is 165 Å². The zero-order valence-corrected chi connectivity index (χ0v) is 17.6. The third-order valence-corrected chi connectivity index (χ3v) is 6.16. The monoisotopic (exact) mass is 356 g/mol. The zero-order valence-electron chi connectivity index (χ0n) is 17.6. The summed E-state index contributed by atoms with van der Waals surface area (Å²) in [4.78, 5) is 0. The zero-order chi connectivity index (χ0) is 19.4. The van der Waals surface area contributed by atoms with Crippen molar-refractivity contribution in [1.29, 1.82) is 0 Å². The molecular formula is C27H32. The van der Waals surface area contributed by atoms with Crippen molar-refractivity contribution in [1.82, 2.24) is 0 Å². The fourth-order valence-corrected chi connectivity index (χ4v) is 4.86. The van der Waals surface area contributed by atoms with Crippen LogP contribution in [0.4, 0.5) is 0 Å². The third-order valence-electron chi connectivity index (χ3n) is 6.16. The second kappa shape index (κ2) is 6.23. The number of fused-ring (bicyclic) bond motifs is 2. The first-order chi connectivity index (χ1) is 12.7. The molecule has 0 unspecified atom stereocenters. The van der Waals surface area contributed by atoms with Crippen LogP contribution in [-0.2, 0) is 0 Å². The molecule has 0 saturated heterocycles. The van der Waals surface area contributed by atoms with Crippen LogP contribution in [0.3, 0.4) is 0 Å². The summed E-state index contributed by atoms with van der Waals surface area (Å²) < 4.78 is 0. The predicted molar refractivity (Wildman–Crippen MR) is 118 cm³/mol. The third kappa shape index (κ3) is 3.20. The van der Waals surface area contributed by atoms with Gasteiger partial charge in [-0.15, -0.1) is 0 Å². The minimum Gasteiger partial charge on any atom is -0.0726 e. The van der Waals surface area contributed by atoms with Crippen molar-refractivity contribution in [3.8, 4) is 0 Å². The summed E-state index contributed by atoms with van der Waals surface area (Å²) in [6.07, 6.45) is 6.26. The van der Waals surface area contributed by atoms with Gasteiger partial charge < -0.3 is 0 Å². The van der Waals surface area contributed by atoms with Crippen molar-refractivity contribution in [3.05, 3.63) is 82.9 Å². The Morgan fingerprint density at radius 3 is 1.33 bits per heavy atom. The van der Waals surface area contributed by atoms with Crippen LogP contribution in [0.25, 0.3) is 11.1 Å². The van der Waals surface area contributed by atoms with Crippen LogP contribution in [-0.4, -0.2) is 0 Å². The summed E-state index contributed by atoms with van der Waals surface area (Å²) in [7, 11) is 0. The maximum atomic E-state index is 2.55. The summed E-state index contributed by atoms with van der Waals surface area (Å²) in [5, 5.41) is 0. The maximum Gasteiger partial charge on any atom is 0.00390 e. The van der Waals surface area contributed by atoms with E-state index in [2.05, 4.69) is 102 Å². The predicted octanol–water partition coefficient (Wildman–Crippen LogP) is 7.83. The highest BCUT2D eigenvalue weighted by Gasteiger charge is 2.34. The van der Waals surface area contributed by atoms with Gasteiger partial charge in [0.1, 0.15) is 0 Å². The molecule has 0 radical (unpaired) electrons. The molecule has 0 aliphatic heterocycles. The molecule has 0 heterocycles. The molecule has 140 valence electrons. The minimum absolute atomic E-state index is 0.185. The van der Waals surface area contributed by atoms with Crippen LogP contribution in [0.15, 0.2) is 60.7 Å². The van der Waals surface area contributed by atoms with Crippen LogP contribution in [0.5, 0.6) is 0 Å². The van der Waals surface area contributed by atoms with E-state index in [1.165, 1.54) is 33.4 Å². The molecule has 0 saturated carbocycles. The van der Waals surface area contributed by atoms with Crippen LogP contribution in [0.2, 0.25) is 0 Å². The molecule has 0 fully saturated rings. The number of rotatable bonds is 2. The van der Waals surface area contributed by atoms with Gasteiger partial charge in [-0.1, -0.05) is 102 Å². The summed E-state index contributed by atoms with van der Waals surface area (Å²) in [5.74, 6) is 1.01. The SMILES string of the molecule is CC(C)(C)C1=C[C@H](C[C@H]2C=C(C(C)(C)C)c3ccccc32)c2ccccc21. The highest BCUT2D eigenvalue weighted by molar-refractivity contribution is 5.79. The Morgan fingerprint density at radius 2 is 0.963 bits per heavy atom. The van der Waals surface area contributed by atoms with Gasteiger partial charge in [-0.25, -0.2) is 0 Å². The minimum atomic E-state index is 0.185. The molecule has 27 heavy (non-hydrogen) atoms. The summed E-state index contributed by atoms with van der Waals surface area (Å²) >= 11 is 0. The smallest absolute Gasteiger partial charge is 0.00390 e. The van der Waals surface area contributed by atoms with Gasteiger partial charge in [0.2, 0.25) is 0 Å². The Kier molecular flexibility index (Phi) is 4.22. The van der Waals surface area contributed by atoms with Crippen LogP contribution < -0.4 is 0 Å². The van der Waals surface area contributed by atoms with E-state index < -0.39 is 0 Å². The molecule has 2 atom stereocenters. The second-order valence-electron chi connectivity index (χ2n) is 10.3. The van der Waals surface area contributed by atoms with Crippen molar-refractivity contribution < 1.29 is 0 Å². The Balaban J connectivity index is 1.73. The molecule has 0 amide bonds. The fourth-order valence-electron chi connectivity index (χ4n) is 4.86. The first-order valence-corrected chi connectivity index (χ1v) is 10.3. The van der Waals surface area contributed by atoms with Gasteiger partial charge in [-0.05, 0) is 50.7 Å². The van der Waals surface area contributed by atoms with Crippen molar-refractivity contribution in [2.24, 2.45) is 10.8 Å². The number of allylic oxidation sites excluding steroid dienone is 4. The van der Waals surface area contributed by atoms with E-state index in [-0.39, 0.29) is 10.8 Å². The molecule has 0 bridgehead atoms. The highest BCUT2D eigenvalue weighted by atomic mass is 14.4. The average molecular weight is 357 g/mol. The molecule has 2 aliphatic rings. The van der Waals surface area contributed by atoms with E-state index in [9.17, 15) is 0 Å². The van der Waals surface area contributed by atoms with Gasteiger partial charge >= 0.3 is 0 Å². The lowest BCUT2D eigenvalue weighted by molar-refractivity contribution is 0.565. The Hall–Kier alpha value is -2.08. The van der Waals surface area contributed by atoms with E-state index in [0.717, 1.165) is 6.42 Å². The van der Waals surface area contributed by atoms with E-state index >= 15 is 0 Å². The van der Waals surface area contributed by atoms with E-state index in [1.807, 2.05) is 0 Å². The number of benzene rings is 2. The van der Waals surface area contributed by atoms with Gasteiger partial charge in [0.15, 0.2) is 0 Å². The van der Waals surface area contributed by atoms with Gasteiger partial charge in [-0.2, -0.15) is 0 Å². The molecular weight excluding hydrogens is 324 g/mol. The summed E-state index contributed by atoms with van der Waals surface area (Å²) in [6, 6.07) is 18.1. The lowest BCUT2D eigenvalue weighted by atomic mass is 9.83. The van der Waals surface area contributed by atoms with Crippen molar-refractivity contribution in [3.63, 3.8) is 0 Å². The Morgan fingerprint density at radius 1 is 0.593 bits per heavy atom. The largest absolute Gasteiger partial charge is 0.0726 e. The maximum absolute atomic E-state index is 2.55. The van der Waals surface area contributed by atoms with Gasteiger partial charge in [-0.3, -0.25) is 0 Å². The highest BCUT2D eigenvalue weighted by Crippen LogP contribution is 2.51. The average Bonchev–Trinajstić information content (AvgIpc) is 3.15. The number of hydrogen-bond acceptors (Lipinski definition) is 0. The molecule has 2 aromatic rings. The van der Waals surface area contributed by atoms with Crippen LogP contribution >= 0.6 is 0 Å². The molecule has 2 aromatic carbocycles. The van der Waals surface area contributed by atoms with Gasteiger partial charge in [0.25, 0.3) is 0 Å². The fraction of sp³-hybridized carbons (Fsp3) is 0.407. The van der Waals surface area contributed by atoms with Crippen molar-refractivity contribution in [2.75, 3.05) is 0 Å². The van der Waals surface area contributed by atoms with E-state index in [4.69, 9.17) is 0 Å². The normalized spacial score (nSPS) is 21.6. The molecule has 0 aromatic heterocycles. The number of hydrogen-bond donors (Lipinski definition) is 0. The topological polar surface area (TPSA) is 0 Å². The lowest BCUT2D eigenvalue weighted by Crippen LogP contribution is -2.06. The van der Waals surface area contributed by atoms with Crippen molar-refractivity contribution >= 4 is 11.1 Å². The summed E-state index contributed by atoms with van der Waals surface area (Å²) in [6.45, 7) is 14.0.